The topological polar surface area (TPSA) is 67.9 Å². The zero-order valence-electron chi connectivity index (χ0n) is 18.6. The van der Waals surface area contributed by atoms with Crippen molar-refractivity contribution in [3.8, 4) is 11.5 Å². The van der Waals surface area contributed by atoms with Crippen molar-refractivity contribution in [2.45, 2.75) is 51.2 Å². The minimum atomic E-state index is -0.835. The average molecular weight is 491 g/mol. The monoisotopic (exact) mass is 490 g/mol. The maximum Gasteiger partial charge on any atom is 0.247 e. The minimum absolute atomic E-state index is 0.0991. The molecule has 2 aliphatic rings. The van der Waals surface area contributed by atoms with Gasteiger partial charge in [0.2, 0.25) is 18.6 Å². The fourth-order valence-corrected chi connectivity index (χ4v) is 4.72. The van der Waals surface area contributed by atoms with Crippen LogP contribution in [0.2, 0.25) is 5.02 Å². The van der Waals surface area contributed by atoms with Crippen molar-refractivity contribution >= 4 is 35.0 Å². The van der Waals surface area contributed by atoms with Crippen LogP contribution >= 0.6 is 23.2 Å². The lowest BCUT2D eigenvalue weighted by Gasteiger charge is -2.34. The van der Waals surface area contributed by atoms with Gasteiger partial charge in [-0.15, -0.1) is 11.6 Å². The molecule has 1 heterocycles. The Morgan fingerprint density at radius 2 is 1.76 bits per heavy atom. The largest absolute Gasteiger partial charge is 0.454 e. The van der Waals surface area contributed by atoms with Crippen molar-refractivity contribution in [2.24, 2.45) is 5.92 Å². The van der Waals surface area contributed by atoms with Crippen molar-refractivity contribution in [2.75, 3.05) is 12.7 Å². The Hall–Kier alpha value is -2.44. The van der Waals surface area contributed by atoms with Crippen LogP contribution < -0.4 is 14.8 Å². The highest BCUT2D eigenvalue weighted by Gasteiger charge is 2.33. The normalized spacial score (nSPS) is 20.2. The van der Waals surface area contributed by atoms with E-state index in [1.54, 1.807) is 24.3 Å². The number of hydrogen-bond donors (Lipinski definition) is 1. The number of halogens is 2. The molecular formula is C25H28Cl2N2O4. The molecule has 4 rings (SSSR count). The number of fused-ring (bicyclic) bond motifs is 1. The fourth-order valence-electron chi connectivity index (χ4n) is 4.44. The molecule has 1 aliphatic carbocycles. The summed E-state index contributed by atoms with van der Waals surface area (Å²) in [5.41, 5.74) is 1.50. The molecule has 2 aromatic carbocycles. The number of carbonyl (C=O) groups excluding carboxylic acids is 2. The summed E-state index contributed by atoms with van der Waals surface area (Å²) < 4.78 is 10.9. The van der Waals surface area contributed by atoms with Gasteiger partial charge in [-0.25, -0.2) is 0 Å². The lowest BCUT2D eigenvalue weighted by Crippen LogP contribution is -2.47. The van der Waals surface area contributed by atoms with E-state index in [0.29, 0.717) is 28.0 Å². The molecule has 8 heteroatoms. The predicted molar refractivity (Wildman–Crippen MR) is 128 cm³/mol. The zero-order chi connectivity index (χ0) is 23.4. The number of alkyl halides is 1. The molecule has 0 spiro atoms. The Balaban J connectivity index is 1.63. The van der Waals surface area contributed by atoms with Crippen LogP contribution in [0.5, 0.6) is 11.5 Å². The molecule has 1 aliphatic heterocycles. The van der Waals surface area contributed by atoms with Gasteiger partial charge in [0.25, 0.3) is 0 Å². The summed E-state index contributed by atoms with van der Waals surface area (Å²) in [6, 6.07) is 11.8. The summed E-state index contributed by atoms with van der Waals surface area (Å²) in [5.74, 6) is 1.17. The first-order valence-corrected chi connectivity index (χ1v) is 12.2. The van der Waals surface area contributed by atoms with Crippen molar-refractivity contribution in [1.82, 2.24) is 10.2 Å². The highest BCUT2D eigenvalue weighted by Crippen LogP contribution is 2.34. The highest BCUT2D eigenvalue weighted by molar-refractivity contribution is 6.30. The summed E-state index contributed by atoms with van der Waals surface area (Å²) in [5, 5.41) is 3.75. The summed E-state index contributed by atoms with van der Waals surface area (Å²) in [6.45, 7) is 2.60. The predicted octanol–water partition coefficient (Wildman–Crippen LogP) is 5.07. The fraction of sp³-hybridized carbons (Fsp3) is 0.440. The molecule has 2 amide bonds. The first-order chi connectivity index (χ1) is 15.9. The first kappa shape index (κ1) is 23.7. The van der Waals surface area contributed by atoms with Gasteiger partial charge in [-0.05, 0) is 67.0 Å². The van der Waals surface area contributed by atoms with Gasteiger partial charge in [0.1, 0.15) is 11.9 Å². The van der Waals surface area contributed by atoms with Crippen LogP contribution in [-0.4, -0.2) is 35.4 Å². The van der Waals surface area contributed by atoms with Crippen LogP contribution in [-0.2, 0) is 16.1 Å². The van der Waals surface area contributed by atoms with Crippen LogP contribution in [0.15, 0.2) is 42.5 Å². The second kappa shape index (κ2) is 10.7. The van der Waals surface area contributed by atoms with E-state index in [4.69, 9.17) is 32.7 Å². The van der Waals surface area contributed by atoms with Crippen molar-refractivity contribution in [3.63, 3.8) is 0 Å². The van der Waals surface area contributed by atoms with Gasteiger partial charge in [0.05, 0.1) is 0 Å². The van der Waals surface area contributed by atoms with Crippen molar-refractivity contribution in [1.29, 1.82) is 0 Å². The van der Waals surface area contributed by atoms with Crippen LogP contribution in [0.3, 0.4) is 0 Å². The van der Waals surface area contributed by atoms with Crippen LogP contribution in [0.4, 0.5) is 0 Å². The maximum absolute atomic E-state index is 13.6. The van der Waals surface area contributed by atoms with Gasteiger partial charge in [-0.1, -0.05) is 36.7 Å². The standard InChI is InChI=1S/C25H28Cl2N2O4/c1-16-2-9-20(10-3-16)28-25(31)24(18-5-7-19(27)8-6-18)29(23(30)13-26)14-17-4-11-21-22(12-17)33-15-32-21/h4-8,11-12,16,20,24H,2-3,9-10,13-15H2,1H3,(H,28,31). The number of amides is 2. The third-order valence-electron chi connectivity index (χ3n) is 6.33. The number of hydrogen-bond acceptors (Lipinski definition) is 4. The van der Waals surface area contributed by atoms with E-state index >= 15 is 0 Å². The summed E-state index contributed by atoms with van der Waals surface area (Å²) in [7, 11) is 0. The van der Waals surface area contributed by atoms with E-state index in [0.717, 1.165) is 31.2 Å². The summed E-state index contributed by atoms with van der Waals surface area (Å²) in [4.78, 5) is 28.1. The second-order valence-corrected chi connectivity index (χ2v) is 9.47. The Morgan fingerprint density at radius 1 is 1.06 bits per heavy atom. The highest BCUT2D eigenvalue weighted by atomic mass is 35.5. The molecule has 33 heavy (non-hydrogen) atoms. The number of ether oxygens (including phenoxy) is 2. The van der Waals surface area contributed by atoms with E-state index in [9.17, 15) is 9.59 Å². The summed E-state index contributed by atoms with van der Waals surface area (Å²) in [6.07, 6.45) is 4.04. The molecule has 1 unspecified atom stereocenters. The van der Waals surface area contributed by atoms with E-state index in [-0.39, 0.29) is 37.1 Å². The van der Waals surface area contributed by atoms with Crippen molar-refractivity contribution < 1.29 is 19.1 Å². The maximum atomic E-state index is 13.6. The smallest absolute Gasteiger partial charge is 0.247 e. The number of benzene rings is 2. The lowest BCUT2D eigenvalue weighted by molar-refractivity contribution is -0.140. The lowest BCUT2D eigenvalue weighted by atomic mass is 9.87. The first-order valence-electron chi connectivity index (χ1n) is 11.2. The molecule has 0 radical (unpaired) electrons. The van der Waals surface area contributed by atoms with Gasteiger partial charge < -0.3 is 19.7 Å². The van der Waals surface area contributed by atoms with E-state index < -0.39 is 6.04 Å². The molecule has 0 aromatic heterocycles. The minimum Gasteiger partial charge on any atom is -0.454 e. The molecule has 1 saturated carbocycles. The second-order valence-electron chi connectivity index (χ2n) is 8.76. The molecule has 2 aromatic rings. The Morgan fingerprint density at radius 3 is 2.45 bits per heavy atom. The van der Waals surface area contributed by atoms with E-state index in [1.807, 2.05) is 18.2 Å². The number of nitrogens with zero attached hydrogens (tertiary/aromatic N) is 1. The quantitative estimate of drug-likeness (QED) is 0.549. The van der Waals surface area contributed by atoms with Crippen molar-refractivity contribution in [3.05, 3.63) is 58.6 Å². The Kier molecular flexibility index (Phi) is 7.66. The SMILES string of the molecule is CC1CCC(NC(=O)C(c2ccc(Cl)cc2)N(Cc2ccc3c(c2)OCO3)C(=O)CCl)CC1. The van der Waals surface area contributed by atoms with Gasteiger partial charge in [-0.2, -0.15) is 0 Å². The van der Waals surface area contributed by atoms with E-state index in [1.165, 1.54) is 4.90 Å². The van der Waals surface area contributed by atoms with Crippen LogP contribution in [0, 0.1) is 5.92 Å². The molecular weight excluding hydrogens is 463 g/mol. The van der Waals surface area contributed by atoms with Gasteiger partial charge in [-0.3, -0.25) is 9.59 Å². The van der Waals surface area contributed by atoms with E-state index in [2.05, 4.69) is 12.2 Å². The number of rotatable bonds is 7. The molecule has 1 fully saturated rings. The van der Waals surface area contributed by atoms with Crippen LogP contribution in [0.1, 0.15) is 49.8 Å². The third kappa shape index (κ3) is 5.74. The molecule has 1 atom stereocenters. The number of carbonyl (C=O) groups is 2. The zero-order valence-corrected chi connectivity index (χ0v) is 20.1. The van der Waals surface area contributed by atoms with Gasteiger partial charge in [0.15, 0.2) is 11.5 Å². The summed E-state index contributed by atoms with van der Waals surface area (Å²) >= 11 is 12.1. The third-order valence-corrected chi connectivity index (χ3v) is 6.81. The molecule has 0 saturated heterocycles. The molecule has 0 bridgehead atoms. The van der Waals surface area contributed by atoms with Gasteiger partial charge >= 0.3 is 0 Å². The average Bonchev–Trinajstić information content (AvgIpc) is 3.29. The van der Waals surface area contributed by atoms with Gasteiger partial charge in [0, 0.05) is 17.6 Å². The Labute approximate surface area is 204 Å². The molecule has 176 valence electrons. The molecule has 6 nitrogen and oxygen atoms in total. The Bertz CT molecular complexity index is 990. The molecule has 1 N–H and O–H groups in total. The van der Waals surface area contributed by atoms with Crippen LogP contribution in [0.25, 0.3) is 0 Å². The number of nitrogens with one attached hydrogen (secondary N) is 1.